The number of hydrogen-bond donors (Lipinski definition) is 0. The largest absolute Gasteiger partial charge is 0.497 e. The van der Waals surface area contributed by atoms with Crippen LogP contribution in [0.25, 0.3) is 0 Å². The van der Waals surface area contributed by atoms with Crippen LogP contribution in [0.15, 0.2) is 35.3 Å². The molecule has 1 aromatic rings. The molecular weight excluding hydrogens is 331 g/mol. The standard InChI is InChI=1S/C17H25O6P/c1-6-22-16-11-15(13-7-9-14(19-3)10-8-13)17(12(2)23-16)24(18,20-4)21-5/h7-10,15-16H,6,11H2,1-5H3. The van der Waals surface area contributed by atoms with Crippen molar-refractivity contribution in [1.29, 1.82) is 0 Å². The van der Waals surface area contributed by atoms with Crippen LogP contribution >= 0.6 is 7.60 Å². The molecule has 1 aliphatic rings. The van der Waals surface area contributed by atoms with Crippen LogP contribution in [0.1, 0.15) is 31.7 Å². The van der Waals surface area contributed by atoms with Gasteiger partial charge in [0, 0.05) is 33.2 Å². The van der Waals surface area contributed by atoms with Gasteiger partial charge in [0.05, 0.1) is 12.4 Å². The molecule has 134 valence electrons. The predicted octanol–water partition coefficient (Wildman–Crippen LogP) is 4.28. The van der Waals surface area contributed by atoms with Crippen molar-refractivity contribution in [3.63, 3.8) is 0 Å². The Labute approximate surface area is 143 Å². The zero-order valence-electron chi connectivity index (χ0n) is 14.8. The lowest BCUT2D eigenvalue weighted by Crippen LogP contribution is -2.27. The molecule has 2 atom stereocenters. The average Bonchev–Trinajstić information content (AvgIpc) is 2.61. The van der Waals surface area contributed by atoms with Gasteiger partial charge in [-0.15, -0.1) is 0 Å². The summed E-state index contributed by atoms with van der Waals surface area (Å²) in [4.78, 5) is 0. The van der Waals surface area contributed by atoms with Crippen LogP contribution < -0.4 is 4.74 Å². The second-order valence-corrected chi connectivity index (χ2v) is 7.58. The van der Waals surface area contributed by atoms with Crippen molar-refractivity contribution in [2.75, 3.05) is 27.9 Å². The number of allylic oxidation sites excluding steroid dienone is 2. The third-order valence-electron chi connectivity index (χ3n) is 4.07. The van der Waals surface area contributed by atoms with E-state index in [-0.39, 0.29) is 5.92 Å². The van der Waals surface area contributed by atoms with Gasteiger partial charge in [0.25, 0.3) is 0 Å². The molecule has 0 radical (unpaired) electrons. The molecule has 1 heterocycles. The molecular formula is C17H25O6P. The molecule has 0 aliphatic carbocycles. The first-order chi connectivity index (χ1) is 11.5. The van der Waals surface area contributed by atoms with Crippen molar-refractivity contribution in [2.45, 2.75) is 32.5 Å². The lowest BCUT2D eigenvalue weighted by molar-refractivity contribution is -0.125. The summed E-state index contributed by atoms with van der Waals surface area (Å²) >= 11 is 0. The van der Waals surface area contributed by atoms with Gasteiger partial charge in [-0.25, -0.2) is 0 Å². The van der Waals surface area contributed by atoms with Gasteiger partial charge in [0.2, 0.25) is 0 Å². The third-order valence-corrected chi connectivity index (χ3v) is 6.25. The van der Waals surface area contributed by atoms with Crippen LogP contribution in [0.4, 0.5) is 0 Å². The second kappa shape index (κ2) is 8.17. The Morgan fingerprint density at radius 2 is 1.79 bits per heavy atom. The molecule has 1 aliphatic heterocycles. The molecule has 0 N–H and O–H groups in total. The van der Waals surface area contributed by atoms with E-state index in [0.717, 1.165) is 11.3 Å². The molecule has 24 heavy (non-hydrogen) atoms. The van der Waals surface area contributed by atoms with Crippen LogP contribution in [-0.2, 0) is 23.1 Å². The summed E-state index contributed by atoms with van der Waals surface area (Å²) in [5, 5.41) is 0.536. The second-order valence-electron chi connectivity index (χ2n) is 5.37. The van der Waals surface area contributed by atoms with Crippen LogP contribution in [0.3, 0.4) is 0 Å². The van der Waals surface area contributed by atoms with Gasteiger partial charge in [-0.05, 0) is 31.5 Å². The van der Waals surface area contributed by atoms with E-state index in [0.29, 0.717) is 24.1 Å². The fraction of sp³-hybridized carbons (Fsp3) is 0.529. The van der Waals surface area contributed by atoms with Gasteiger partial charge in [-0.3, -0.25) is 4.57 Å². The summed E-state index contributed by atoms with van der Waals surface area (Å²) in [5.74, 6) is 1.09. The number of methoxy groups -OCH3 is 1. The van der Waals surface area contributed by atoms with Gasteiger partial charge in [-0.2, -0.15) is 0 Å². The van der Waals surface area contributed by atoms with E-state index < -0.39 is 13.9 Å². The van der Waals surface area contributed by atoms with E-state index in [1.807, 2.05) is 31.2 Å². The van der Waals surface area contributed by atoms with Crippen molar-refractivity contribution >= 4 is 7.60 Å². The summed E-state index contributed by atoms with van der Waals surface area (Å²) in [6.07, 6.45) is 0.136. The first-order valence-corrected chi connectivity index (χ1v) is 9.38. The summed E-state index contributed by atoms with van der Waals surface area (Å²) in [5.41, 5.74) is 0.979. The molecule has 6 nitrogen and oxygen atoms in total. The van der Waals surface area contributed by atoms with Gasteiger partial charge >= 0.3 is 7.60 Å². The summed E-state index contributed by atoms with van der Waals surface area (Å²) in [7, 11) is 0.947. The smallest absolute Gasteiger partial charge is 0.360 e. The molecule has 7 heteroatoms. The molecule has 0 fully saturated rings. The zero-order valence-corrected chi connectivity index (χ0v) is 15.7. The van der Waals surface area contributed by atoms with Crippen molar-refractivity contribution in [2.24, 2.45) is 0 Å². The maximum atomic E-state index is 13.0. The van der Waals surface area contributed by atoms with E-state index in [4.69, 9.17) is 23.3 Å². The van der Waals surface area contributed by atoms with Crippen LogP contribution in [-0.4, -0.2) is 34.2 Å². The molecule has 0 saturated heterocycles. The number of rotatable bonds is 7. The fourth-order valence-electron chi connectivity index (χ4n) is 2.93. The molecule has 2 unspecified atom stereocenters. The molecule has 0 spiro atoms. The first-order valence-electron chi connectivity index (χ1n) is 7.84. The highest BCUT2D eigenvalue weighted by Gasteiger charge is 2.42. The molecule has 0 bridgehead atoms. The maximum absolute atomic E-state index is 13.0. The lowest BCUT2D eigenvalue weighted by Gasteiger charge is -2.35. The molecule has 0 aromatic heterocycles. The predicted molar refractivity (Wildman–Crippen MR) is 91.2 cm³/mol. The number of benzene rings is 1. The van der Waals surface area contributed by atoms with Crippen molar-refractivity contribution < 1.29 is 27.8 Å². The van der Waals surface area contributed by atoms with E-state index in [1.165, 1.54) is 14.2 Å². The quantitative estimate of drug-likeness (QED) is 0.680. The lowest BCUT2D eigenvalue weighted by atomic mass is 9.92. The van der Waals surface area contributed by atoms with Crippen LogP contribution in [0.2, 0.25) is 0 Å². The van der Waals surface area contributed by atoms with Gasteiger partial charge in [0.15, 0.2) is 6.29 Å². The Balaban J connectivity index is 2.48. The van der Waals surface area contributed by atoms with Gasteiger partial charge in [0.1, 0.15) is 11.5 Å². The average molecular weight is 356 g/mol. The third kappa shape index (κ3) is 3.83. The topological polar surface area (TPSA) is 63.2 Å². The Kier molecular flexibility index (Phi) is 6.47. The number of ether oxygens (including phenoxy) is 3. The number of hydrogen-bond acceptors (Lipinski definition) is 6. The molecule has 0 saturated carbocycles. The van der Waals surface area contributed by atoms with Crippen molar-refractivity contribution in [3.8, 4) is 5.75 Å². The highest BCUT2D eigenvalue weighted by Crippen LogP contribution is 2.63. The Morgan fingerprint density at radius 3 is 2.29 bits per heavy atom. The van der Waals surface area contributed by atoms with E-state index in [2.05, 4.69) is 0 Å². The molecule has 1 aromatic carbocycles. The highest BCUT2D eigenvalue weighted by molar-refractivity contribution is 7.58. The minimum atomic E-state index is -3.43. The monoisotopic (exact) mass is 356 g/mol. The summed E-state index contributed by atoms with van der Waals surface area (Å²) in [6.45, 7) is 4.21. The van der Waals surface area contributed by atoms with Gasteiger partial charge in [-0.1, -0.05) is 12.1 Å². The molecule has 0 amide bonds. The fourth-order valence-corrected chi connectivity index (χ4v) is 4.55. The normalized spacial score (nSPS) is 21.5. The van der Waals surface area contributed by atoms with E-state index in [1.54, 1.807) is 14.0 Å². The highest BCUT2D eigenvalue weighted by atomic mass is 31.2. The minimum Gasteiger partial charge on any atom is -0.497 e. The molecule has 2 rings (SSSR count). The van der Waals surface area contributed by atoms with Crippen molar-refractivity contribution in [1.82, 2.24) is 0 Å². The summed E-state index contributed by atoms with van der Waals surface area (Å²) < 4.78 is 40.1. The zero-order chi connectivity index (χ0) is 17.7. The van der Waals surface area contributed by atoms with Crippen LogP contribution in [0, 0.1) is 0 Å². The maximum Gasteiger partial charge on any atom is 0.360 e. The Hall–Kier alpha value is -1.33. The van der Waals surface area contributed by atoms with Gasteiger partial charge < -0.3 is 23.3 Å². The Bertz CT molecular complexity index is 616. The minimum absolute atomic E-state index is 0.188. The SMILES string of the molecule is CCOC1CC(c2ccc(OC)cc2)C(P(=O)(OC)OC)=C(C)O1. The first kappa shape index (κ1) is 19.0. The van der Waals surface area contributed by atoms with E-state index in [9.17, 15) is 4.57 Å². The van der Waals surface area contributed by atoms with Crippen molar-refractivity contribution in [3.05, 3.63) is 40.9 Å². The summed E-state index contributed by atoms with van der Waals surface area (Å²) in [6, 6.07) is 7.64. The Morgan fingerprint density at radius 1 is 1.17 bits per heavy atom. The van der Waals surface area contributed by atoms with E-state index >= 15 is 0 Å². The van der Waals surface area contributed by atoms with Crippen LogP contribution in [0.5, 0.6) is 5.75 Å².